The average molecular weight is 421 g/mol. The standard InChI is InChI=1S/C22H17F2N5O2/c1-11-4-13(17(24)7-25-11)14-5-19-22(29-10-27-28-21(14)29)26-6-15-16(23)2-3-18-20(15)12(8-30-18)9-31-19/h2-5,7,10,12,26H,6,8-9H2,1H3/t12-/m1/s1. The van der Waals surface area contributed by atoms with Gasteiger partial charge in [-0.1, -0.05) is 0 Å². The van der Waals surface area contributed by atoms with Gasteiger partial charge in [0.2, 0.25) is 0 Å². The number of nitrogens with zero attached hydrogens (tertiary/aromatic N) is 4. The molecule has 0 spiro atoms. The Hall–Kier alpha value is -3.75. The maximum Gasteiger partial charge on any atom is 0.170 e. The number of pyridine rings is 2. The summed E-state index contributed by atoms with van der Waals surface area (Å²) in [4.78, 5) is 4.01. The summed E-state index contributed by atoms with van der Waals surface area (Å²) in [5.74, 6) is 0.896. The first kappa shape index (κ1) is 18.1. The van der Waals surface area contributed by atoms with E-state index >= 15 is 0 Å². The Labute approximate surface area is 175 Å². The van der Waals surface area contributed by atoms with Crippen LogP contribution in [0.1, 0.15) is 22.7 Å². The molecule has 2 aliphatic rings. The lowest BCUT2D eigenvalue weighted by Gasteiger charge is -2.17. The fourth-order valence-electron chi connectivity index (χ4n) is 4.33. The van der Waals surface area contributed by atoms with Crippen molar-refractivity contribution in [3.05, 3.63) is 65.2 Å². The van der Waals surface area contributed by atoms with Crippen LogP contribution in [-0.2, 0) is 6.54 Å². The van der Waals surface area contributed by atoms with Gasteiger partial charge in [-0.15, -0.1) is 10.2 Å². The summed E-state index contributed by atoms with van der Waals surface area (Å²) in [7, 11) is 0. The maximum absolute atomic E-state index is 14.7. The third kappa shape index (κ3) is 2.73. The van der Waals surface area contributed by atoms with Crippen molar-refractivity contribution in [2.75, 3.05) is 18.5 Å². The zero-order valence-corrected chi connectivity index (χ0v) is 16.5. The highest BCUT2D eigenvalue weighted by atomic mass is 19.1. The van der Waals surface area contributed by atoms with Crippen LogP contribution in [0.3, 0.4) is 0 Å². The Morgan fingerprint density at radius 1 is 1.06 bits per heavy atom. The predicted octanol–water partition coefficient (Wildman–Crippen LogP) is 3.86. The van der Waals surface area contributed by atoms with E-state index in [2.05, 4.69) is 20.5 Å². The fourth-order valence-corrected chi connectivity index (χ4v) is 4.33. The van der Waals surface area contributed by atoms with Gasteiger partial charge in [-0.25, -0.2) is 8.78 Å². The fraction of sp³-hybridized carbons (Fsp3) is 0.227. The SMILES string of the molecule is Cc1cc(-c2cc3c(n4cnnc24)NCc2c(F)ccc4c2[C@H](CO4)CO3)c(F)cn1. The molecular weight excluding hydrogens is 404 g/mol. The first-order chi connectivity index (χ1) is 15.1. The van der Waals surface area contributed by atoms with Crippen LogP contribution in [0.15, 0.2) is 36.8 Å². The van der Waals surface area contributed by atoms with Gasteiger partial charge in [-0.2, -0.15) is 0 Å². The van der Waals surface area contributed by atoms with Crippen LogP contribution >= 0.6 is 0 Å². The molecule has 9 heteroatoms. The van der Waals surface area contributed by atoms with Gasteiger partial charge in [0.05, 0.1) is 25.3 Å². The van der Waals surface area contributed by atoms with Crippen molar-refractivity contribution < 1.29 is 18.3 Å². The van der Waals surface area contributed by atoms with E-state index < -0.39 is 5.82 Å². The van der Waals surface area contributed by atoms with Gasteiger partial charge in [0.1, 0.15) is 23.7 Å². The minimum Gasteiger partial charge on any atom is -0.493 e. The monoisotopic (exact) mass is 421 g/mol. The first-order valence-electron chi connectivity index (χ1n) is 9.90. The molecule has 7 nitrogen and oxygen atoms in total. The molecule has 4 aromatic rings. The van der Waals surface area contributed by atoms with Crippen molar-refractivity contribution in [1.29, 1.82) is 0 Å². The lowest BCUT2D eigenvalue weighted by atomic mass is 9.96. The number of fused-ring (bicyclic) bond motifs is 3. The van der Waals surface area contributed by atoms with E-state index in [0.29, 0.717) is 58.6 Å². The van der Waals surface area contributed by atoms with Crippen LogP contribution in [0, 0.1) is 18.6 Å². The Kier molecular flexibility index (Phi) is 3.86. The number of benzene rings is 1. The van der Waals surface area contributed by atoms with Crippen molar-refractivity contribution in [3.63, 3.8) is 0 Å². The first-order valence-corrected chi connectivity index (χ1v) is 9.90. The minimum absolute atomic E-state index is 0.103. The molecule has 0 fully saturated rings. The average Bonchev–Trinajstić information content (AvgIpc) is 3.41. The number of ether oxygens (including phenoxy) is 2. The second kappa shape index (κ2) is 6.63. The zero-order valence-electron chi connectivity index (χ0n) is 16.5. The quantitative estimate of drug-likeness (QED) is 0.503. The van der Waals surface area contributed by atoms with Crippen molar-refractivity contribution >= 4 is 11.5 Å². The van der Waals surface area contributed by atoms with E-state index in [0.717, 1.165) is 5.56 Å². The molecule has 0 unspecified atom stereocenters. The summed E-state index contributed by atoms with van der Waals surface area (Å²) in [6, 6.07) is 6.48. The van der Waals surface area contributed by atoms with Gasteiger partial charge < -0.3 is 14.8 Å². The topological polar surface area (TPSA) is 73.6 Å². The molecule has 6 rings (SSSR count). The highest BCUT2D eigenvalue weighted by molar-refractivity contribution is 5.82. The zero-order chi connectivity index (χ0) is 21.1. The summed E-state index contributed by atoms with van der Waals surface area (Å²) in [6.07, 6.45) is 2.72. The third-order valence-electron chi connectivity index (χ3n) is 5.80. The van der Waals surface area contributed by atoms with E-state index in [1.165, 1.54) is 18.6 Å². The smallest absolute Gasteiger partial charge is 0.170 e. The summed E-state index contributed by atoms with van der Waals surface area (Å²) in [5.41, 5.74) is 3.41. The van der Waals surface area contributed by atoms with Gasteiger partial charge in [0.25, 0.3) is 0 Å². The molecule has 0 aliphatic carbocycles. The second-order valence-corrected chi connectivity index (χ2v) is 7.71. The van der Waals surface area contributed by atoms with Gasteiger partial charge in [0, 0.05) is 34.5 Å². The number of hydrogen-bond acceptors (Lipinski definition) is 6. The van der Waals surface area contributed by atoms with E-state index in [1.54, 1.807) is 29.5 Å². The Morgan fingerprint density at radius 2 is 1.90 bits per heavy atom. The second-order valence-electron chi connectivity index (χ2n) is 7.71. The van der Waals surface area contributed by atoms with Crippen molar-refractivity contribution in [2.24, 2.45) is 0 Å². The molecular formula is C22H17F2N5O2. The largest absolute Gasteiger partial charge is 0.493 e. The molecule has 5 heterocycles. The molecule has 31 heavy (non-hydrogen) atoms. The van der Waals surface area contributed by atoms with Crippen molar-refractivity contribution in [3.8, 4) is 22.6 Å². The number of aryl methyl sites for hydroxylation is 1. The number of halogens is 2. The third-order valence-corrected chi connectivity index (χ3v) is 5.80. The van der Waals surface area contributed by atoms with E-state index in [-0.39, 0.29) is 18.3 Å². The van der Waals surface area contributed by atoms with Crippen LogP contribution in [0.2, 0.25) is 0 Å². The van der Waals surface area contributed by atoms with E-state index in [4.69, 9.17) is 9.47 Å². The van der Waals surface area contributed by atoms with Gasteiger partial charge >= 0.3 is 0 Å². The summed E-state index contributed by atoms with van der Waals surface area (Å²) in [6.45, 7) is 2.74. The Bertz CT molecular complexity index is 1350. The molecule has 1 aromatic carbocycles. The molecule has 156 valence electrons. The molecule has 1 atom stereocenters. The molecule has 0 saturated heterocycles. The molecule has 3 aromatic heterocycles. The number of rotatable bonds is 1. The highest BCUT2D eigenvalue weighted by Gasteiger charge is 2.31. The minimum atomic E-state index is -0.463. The van der Waals surface area contributed by atoms with E-state index in [9.17, 15) is 8.78 Å². The van der Waals surface area contributed by atoms with Gasteiger partial charge in [0.15, 0.2) is 17.2 Å². The van der Waals surface area contributed by atoms with Crippen LogP contribution in [-0.4, -0.2) is 32.8 Å². The molecule has 1 N–H and O–H groups in total. The lowest BCUT2D eigenvalue weighted by molar-refractivity contribution is 0.249. The maximum atomic E-state index is 14.7. The van der Waals surface area contributed by atoms with Gasteiger partial charge in [-0.3, -0.25) is 9.38 Å². The molecule has 2 aliphatic heterocycles. The van der Waals surface area contributed by atoms with Crippen LogP contribution in [0.25, 0.3) is 16.8 Å². The highest BCUT2D eigenvalue weighted by Crippen LogP contribution is 2.42. The number of nitrogens with one attached hydrogen (secondary N) is 1. The number of aromatic nitrogens is 4. The number of anilines is 1. The molecule has 0 bridgehead atoms. The van der Waals surface area contributed by atoms with Crippen LogP contribution in [0.4, 0.5) is 14.6 Å². The van der Waals surface area contributed by atoms with Crippen molar-refractivity contribution in [2.45, 2.75) is 19.4 Å². The van der Waals surface area contributed by atoms with Crippen LogP contribution < -0.4 is 14.8 Å². The normalized spacial score (nSPS) is 16.9. The Morgan fingerprint density at radius 3 is 2.77 bits per heavy atom. The molecule has 0 radical (unpaired) electrons. The molecule has 0 amide bonds. The Balaban J connectivity index is 1.54. The van der Waals surface area contributed by atoms with Crippen molar-refractivity contribution in [1.82, 2.24) is 19.6 Å². The van der Waals surface area contributed by atoms with Crippen LogP contribution in [0.5, 0.6) is 11.5 Å². The van der Waals surface area contributed by atoms with Gasteiger partial charge in [-0.05, 0) is 31.2 Å². The summed E-state index contributed by atoms with van der Waals surface area (Å²) in [5, 5.41) is 11.5. The lowest BCUT2D eigenvalue weighted by Crippen LogP contribution is -2.13. The summed E-state index contributed by atoms with van der Waals surface area (Å²) < 4.78 is 42.9. The predicted molar refractivity (Wildman–Crippen MR) is 108 cm³/mol. The van der Waals surface area contributed by atoms with E-state index in [1.807, 2.05) is 0 Å². The molecule has 0 saturated carbocycles. The number of hydrogen-bond donors (Lipinski definition) is 1. The summed E-state index contributed by atoms with van der Waals surface area (Å²) >= 11 is 0.